The second-order valence-corrected chi connectivity index (χ2v) is 4.14. The molecule has 6 heteroatoms. The van der Waals surface area contributed by atoms with Gasteiger partial charge in [0.25, 0.3) is 0 Å². The summed E-state index contributed by atoms with van der Waals surface area (Å²) in [5, 5.41) is 7.98. The van der Waals surface area contributed by atoms with E-state index in [9.17, 15) is 0 Å². The zero-order valence-electron chi connectivity index (χ0n) is 10.9. The standard InChI is InChI=1S/C11H23N5O/c1-4-6-11(17-5-2)10(13-12)7-9-8-16(3)15-14-9/h8,10-11,13H,4-7,12H2,1-3H3. The fourth-order valence-electron chi connectivity index (χ4n) is 1.91. The number of rotatable bonds is 8. The van der Waals surface area contributed by atoms with Crippen LogP contribution in [0.15, 0.2) is 6.20 Å². The fourth-order valence-corrected chi connectivity index (χ4v) is 1.91. The molecule has 0 aliphatic rings. The number of hydrazine groups is 1. The SMILES string of the molecule is CCCC(OCC)C(Cc1cn(C)nn1)NN. The van der Waals surface area contributed by atoms with Gasteiger partial charge in [-0.1, -0.05) is 18.6 Å². The first kappa shape index (κ1) is 14.1. The van der Waals surface area contributed by atoms with Crippen molar-refractivity contribution < 1.29 is 4.74 Å². The van der Waals surface area contributed by atoms with Crippen LogP contribution < -0.4 is 11.3 Å². The van der Waals surface area contributed by atoms with E-state index in [0.717, 1.165) is 25.0 Å². The van der Waals surface area contributed by atoms with E-state index in [1.54, 1.807) is 4.68 Å². The molecule has 1 aromatic rings. The van der Waals surface area contributed by atoms with Gasteiger partial charge in [0.1, 0.15) is 0 Å². The zero-order chi connectivity index (χ0) is 12.7. The Morgan fingerprint density at radius 1 is 1.53 bits per heavy atom. The third-order valence-electron chi connectivity index (χ3n) is 2.70. The quantitative estimate of drug-likeness (QED) is 0.508. The van der Waals surface area contributed by atoms with Crippen molar-refractivity contribution in [3.63, 3.8) is 0 Å². The molecular weight excluding hydrogens is 218 g/mol. The van der Waals surface area contributed by atoms with Crippen molar-refractivity contribution in [3.05, 3.63) is 11.9 Å². The maximum Gasteiger partial charge on any atom is 0.0844 e. The van der Waals surface area contributed by atoms with Crippen LogP contribution in [0.3, 0.4) is 0 Å². The number of hydrogen-bond donors (Lipinski definition) is 2. The molecule has 1 aromatic heterocycles. The lowest BCUT2D eigenvalue weighted by atomic mass is 10.0. The summed E-state index contributed by atoms with van der Waals surface area (Å²) >= 11 is 0. The van der Waals surface area contributed by atoms with Gasteiger partial charge in [-0.3, -0.25) is 16.0 Å². The van der Waals surface area contributed by atoms with Crippen molar-refractivity contribution in [2.45, 2.75) is 45.3 Å². The maximum atomic E-state index is 5.72. The first-order valence-electron chi connectivity index (χ1n) is 6.14. The number of aromatic nitrogens is 3. The van der Waals surface area contributed by atoms with Gasteiger partial charge in [-0.25, -0.2) is 0 Å². The summed E-state index contributed by atoms with van der Waals surface area (Å²) in [5.41, 5.74) is 3.75. The molecule has 0 aliphatic carbocycles. The van der Waals surface area contributed by atoms with Gasteiger partial charge < -0.3 is 4.74 Å². The van der Waals surface area contributed by atoms with Crippen LogP contribution in [0.2, 0.25) is 0 Å². The molecule has 2 unspecified atom stereocenters. The smallest absolute Gasteiger partial charge is 0.0844 e. The van der Waals surface area contributed by atoms with Gasteiger partial charge in [-0.05, 0) is 13.3 Å². The minimum Gasteiger partial charge on any atom is -0.377 e. The summed E-state index contributed by atoms with van der Waals surface area (Å²) in [4.78, 5) is 0. The molecule has 0 saturated carbocycles. The monoisotopic (exact) mass is 241 g/mol. The Kier molecular flexibility index (Phi) is 6.10. The predicted octanol–water partition coefficient (Wildman–Crippen LogP) is 0.395. The molecule has 0 aliphatic heterocycles. The van der Waals surface area contributed by atoms with Gasteiger partial charge in [-0.2, -0.15) is 0 Å². The third-order valence-corrected chi connectivity index (χ3v) is 2.70. The topological polar surface area (TPSA) is 78.0 Å². The molecular formula is C11H23N5O. The number of nitrogens with zero attached hydrogens (tertiary/aromatic N) is 3. The second kappa shape index (κ2) is 7.37. The molecule has 0 aromatic carbocycles. The van der Waals surface area contributed by atoms with E-state index in [0.29, 0.717) is 6.61 Å². The molecule has 3 N–H and O–H groups in total. The van der Waals surface area contributed by atoms with Gasteiger partial charge >= 0.3 is 0 Å². The molecule has 0 saturated heterocycles. The highest BCUT2D eigenvalue weighted by atomic mass is 16.5. The van der Waals surface area contributed by atoms with Crippen molar-refractivity contribution in [1.29, 1.82) is 0 Å². The first-order chi connectivity index (χ1) is 8.21. The molecule has 0 amide bonds. The van der Waals surface area contributed by atoms with E-state index in [1.807, 2.05) is 20.2 Å². The first-order valence-corrected chi connectivity index (χ1v) is 6.14. The summed E-state index contributed by atoms with van der Waals surface area (Å²) in [5.74, 6) is 5.60. The highest BCUT2D eigenvalue weighted by Crippen LogP contribution is 2.11. The average Bonchev–Trinajstić information content (AvgIpc) is 2.72. The van der Waals surface area contributed by atoms with Crippen molar-refractivity contribution >= 4 is 0 Å². The molecule has 6 nitrogen and oxygen atoms in total. The Hall–Kier alpha value is -0.980. The van der Waals surface area contributed by atoms with Crippen molar-refractivity contribution in [2.75, 3.05) is 6.61 Å². The Balaban J connectivity index is 2.61. The van der Waals surface area contributed by atoms with Crippen molar-refractivity contribution in [3.8, 4) is 0 Å². The molecule has 0 fully saturated rings. The summed E-state index contributed by atoms with van der Waals surface area (Å²) in [6, 6.07) is 0.0756. The zero-order valence-corrected chi connectivity index (χ0v) is 10.9. The normalized spacial score (nSPS) is 14.8. The largest absolute Gasteiger partial charge is 0.377 e. The van der Waals surface area contributed by atoms with Crippen molar-refractivity contribution in [2.24, 2.45) is 12.9 Å². The second-order valence-electron chi connectivity index (χ2n) is 4.14. The van der Waals surface area contributed by atoms with Crippen LogP contribution in [0.25, 0.3) is 0 Å². The number of nitrogens with two attached hydrogens (primary N) is 1. The van der Waals surface area contributed by atoms with Crippen molar-refractivity contribution in [1.82, 2.24) is 20.4 Å². The Labute approximate surface area is 102 Å². The van der Waals surface area contributed by atoms with Crippen LogP contribution in [0.5, 0.6) is 0 Å². The maximum absolute atomic E-state index is 5.72. The van der Waals surface area contributed by atoms with E-state index < -0.39 is 0 Å². The number of nitrogens with one attached hydrogen (secondary N) is 1. The minimum atomic E-state index is 0.0756. The van der Waals surface area contributed by atoms with Gasteiger partial charge in [0.15, 0.2) is 0 Å². The summed E-state index contributed by atoms with van der Waals surface area (Å²) < 4.78 is 7.41. The van der Waals surface area contributed by atoms with Crippen LogP contribution in [0, 0.1) is 0 Å². The summed E-state index contributed by atoms with van der Waals surface area (Å²) in [6.45, 7) is 4.84. The Morgan fingerprint density at radius 2 is 2.29 bits per heavy atom. The van der Waals surface area contributed by atoms with Crippen LogP contribution in [-0.4, -0.2) is 33.7 Å². The number of ether oxygens (including phenoxy) is 1. The molecule has 17 heavy (non-hydrogen) atoms. The van der Waals surface area contributed by atoms with Crippen LogP contribution in [-0.2, 0) is 18.2 Å². The van der Waals surface area contributed by atoms with E-state index >= 15 is 0 Å². The lowest BCUT2D eigenvalue weighted by molar-refractivity contribution is 0.0279. The summed E-state index contributed by atoms with van der Waals surface area (Å²) in [6.07, 6.45) is 4.82. The van der Waals surface area contributed by atoms with Crippen LogP contribution >= 0.6 is 0 Å². The van der Waals surface area contributed by atoms with E-state index in [1.165, 1.54) is 0 Å². The third kappa shape index (κ3) is 4.41. The van der Waals surface area contributed by atoms with Crippen LogP contribution in [0.4, 0.5) is 0 Å². The fraction of sp³-hybridized carbons (Fsp3) is 0.818. The molecule has 0 spiro atoms. The lowest BCUT2D eigenvalue weighted by Crippen LogP contribution is -2.46. The minimum absolute atomic E-state index is 0.0756. The number of aryl methyl sites for hydroxylation is 1. The molecule has 98 valence electrons. The van der Waals surface area contributed by atoms with Gasteiger partial charge in [0, 0.05) is 26.3 Å². The molecule has 1 rings (SSSR count). The highest BCUT2D eigenvalue weighted by Gasteiger charge is 2.21. The van der Waals surface area contributed by atoms with Gasteiger partial charge in [0.05, 0.1) is 17.8 Å². The Bertz CT molecular complexity index is 309. The lowest BCUT2D eigenvalue weighted by Gasteiger charge is -2.25. The summed E-state index contributed by atoms with van der Waals surface area (Å²) in [7, 11) is 1.85. The van der Waals surface area contributed by atoms with Gasteiger partial charge in [0.2, 0.25) is 0 Å². The number of hydrogen-bond acceptors (Lipinski definition) is 5. The predicted molar refractivity (Wildman–Crippen MR) is 66.1 cm³/mol. The van der Waals surface area contributed by atoms with Crippen LogP contribution in [0.1, 0.15) is 32.4 Å². The molecule has 1 heterocycles. The molecule has 0 bridgehead atoms. The highest BCUT2D eigenvalue weighted by molar-refractivity contribution is 4.97. The average molecular weight is 241 g/mol. The van der Waals surface area contributed by atoms with E-state index in [4.69, 9.17) is 10.6 Å². The van der Waals surface area contributed by atoms with E-state index in [2.05, 4.69) is 22.7 Å². The van der Waals surface area contributed by atoms with E-state index in [-0.39, 0.29) is 12.1 Å². The molecule has 2 atom stereocenters. The Morgan fingerprint density at radius 3 is 2.76 bits per heavy atom. The van der Waals surface area contributed by atoms with Gasteiger partial charge in [-0.15, -0.1) is 5.10 Å². The molecule has 0 radical (unpaired) electrons.